The van der Waals surface area contributed by atoms with Crippen molar-refractivity contribution in [3.05, 3.63) is 46.9 Å². The summed E-state index contributed by atoms with van der Waals surface area (Å²) in [6.07, 6.45) is 5.18. The van der Waals surface area contributed by atoms with Crippen LogP contribution in [-0.2, 0) is 4.79 Å². The van der Waals surface area contributed by atoms with E-state index in [1.165, 1.54) is 9.58 Å². The van der Waals surface area contributed by atoms with Crippen LogP contribution < -0.4 is 5.32 Å². The van der Waals surface area contributed by atoms with Crippen LogP contribution >= 0.6 is 22.7 Å². The molecule has 4 heterocycles. The van der Waals surface area contributed by atoms with Gasteiger partial charge in [-0.3, -0.25) is 4.90 Å². The molecule has 1 N–H and O–H groups in total. The molecule has 2 atom stereocenters. The molecule has 29 heavy (non-hydrogen) atoms. The van der Waals surface area contributed by atoms with Crippen LogP contribution in [0, 0.1) is 0 Å². The highest BCUT2D eigenvalue weighted by Gasteiger charge is 2.30. The molecule has 148 valence electrons. The Hall–Kier alpha value is -2.35. The van der Waals surface area contributed by atoms with Crippen molar-refractivity contribution in [2.75, 3.05) is 18.4 Å². The summed E-state index contributed by atoms with van der Waals surface area (Å²) >= 11 is 3.43. The molecule has 7 heteroatoms. The van der Waals surface area contributed by atoms with Crippen LogP contribution in [0.1, 0.15) is 30.6 Å². The second kappa shape index (κ2) is 7.82. The minimum Gasteiger partial charge on any atom is -0.355 e. The van der Waals surface area contributed by atoms with Crippen LogP contribution in [0.3, 0.4) is 0 Å². The average Bonchev–Trinajstić information content (AvgIpc) is 3.36. The largest absolute Gasteiger partial charge is 0.355 e. The highest BCUT2D eigenvalue weighted by molar-refractivity contribution is 7.18. The first kappa shape index (κ1) is 18.7. The number of thiazole rings is 1. The Kier molecular flexibility index (Phi) is 5.03. The second-order valence-corrected chi connectivity index (χ2v) is 9.49. The predicted molar refractivity (Wildman–Crippen MR) is 122 cm³/mol. The van der Waals surface area contributed by atoms with E-state index in [-0.39, 0.29) is 0 Å². The molecule has 5 rings (SSSR count). The molecule has 2 unspecified atom stereocenters. The van der Waals surface area contributed by atoms with Gasteiger partial charge in [0.15, 0.2) is 0 Å². The van der Waals surface area contributed by atoms with Crippen molar-refractivity contribution >= 4 is 60.8 Å². The number of aldehydes is 1. The van der Waals surface area contributed by atoms with Crippen LogP contribution in [0.25, 0.3) is 20.4 Å². The van der Waals surface area contributed by atoms with Gasteiger partial charge in [0, 0.05) is 34.1 Å². The maximum absolute atomic E-state index is 11.0. The summed E-state index contributed by atoms with van der Waals surface area (Å²) in [5, 5.41) is 4.72. The minimum atomic E-state index is 0.366. The summed E-state index contributed by atoms with van der Waals surface area (Å²) in [5.74, 6) is 0.446. The van der Waals surface area contributed by atoms with Gasteiger partial charge in [0.25, 0.3) is 0 Å². The number of hydrogen-bond acceptors (Lipinski definition) is 7. The Morgan fingerprint density at radius 1 is 1.28 bits per heavy atom. The third kappa shape index (κ3) is 3.54. The summed E-state index contributed by atoms with van der Waals surface area (Å²) in [6.45, 7) is 3.77. The van der Waals surface area contributed by atoms with Crippen molar-refractivity contribution in [3.8, 4) is 0 Å². The van der Waals surface area contributed by atoms with Gasteiger partial charge in [-0.1, -0.05) is 0 Å². The van der Waals surface area contributed by atoms with Crippen molar-refractivity contribution in [2.45, 2.75) is 31.7 Å². The van der Waals surface area contributed by atoms with Gasteiger partial charge in [0.05, 0.1) is 28.0 Å². The Balaban J connectivity index is 1.47. The molecule has 0 bridgehead atoms. The lowest BCUT2D eigenvalue weighted by Gasteiger charge is -2.38. The molecule has 1 saturated heterocycles. The first-order valence-electron chi connectivity index (χ1n) is 9.89. The van der Waals surface area contributed by atoms with E-state index in [0.717, 1.165) is 52.8 Å². The van der Waals surface area contributed by atoms with E-state index in [1.54, 1.807) is 22.7 Å². The van der Waals surface area contributed by atoms with Gasteiger partial charge in [0.2, 0.25) is 0 Å². The van der Waals surface area contributed by atoms with Crippen LogP contribution in [0.2, 0.25) is 0 Å². The number of rotatable bonds is 5. The number of nitrogens with one attached hydrogen (secondary N) is 1. The monoisotopic (exact) mass is 422 g/mol. The van der Waals surface area contributed by atoms with Crippen molar-refractivity contribution in [3.63, 3.8) is 0 Å². The van der Waals surface area contributed by atoms with E-state index >= 15 is 0 Å². The van der Waals surface area contributed by atoms with E-state index in [4.69, 9.17) is 0 Å². The fraction of sp³-hybridized carbons (Fsp3) is 0.318. The average molecular weight is 423 g/mol. The summed E-state index contributed by atoms with van der Waals surface area (Å²) < 4.78 is 1.19. The lowest BCUT2D eigenvalue weighted by Crippen LogP contribution is -2.42. The molecule has 0 amide bonds. The first-order chi connectivity index (χ1) is 14.2. The second-order valence-electron chi connectivity index (χ2n) is 7.54. The SMILES string of the molecule is CC1C(c2cc3c(Nc4ccc5scnc5c4)ccnc3s2)CCCN1CC=O. The topological polar surface area (TPSA) is 58.1 Å². The van der Waals surface area contributed by atoms with Crippen molar-refractivity contribution in [2.24, 2.45) is 0 Å². The molecule has 0 radical (unpaired) electrons. The Bertz CT molecular complexity index is 1170. The molecule has 0 saturated carbocycles. The van der Waals surface area contributed by atoms with Gasteiger partial charge < -0.3 is 10.1 Å². The number of benzene rings is 1. The normalized spacial score (nSPS) is 20.3. The summed E-state index contributed by atoms with van der Waals surface area (Å²) in [7, 11) is 0. The standard InChI is InChI=1S/C22H22N4OS2/c1-14-16(3-2-8-26(14)9-10-27)21-12-17-18(6-7-23-22(17)29-21)25-15-4-5-20-19(11-15)24-13-28-20/h4-7,10-14,16H,2-3,8-9H2,1H3,(H,23,25). The highest BCUT2D eigenvalue weighted by Crippen LogP contribution is 2.40. The molecule has 0 spiro atoms. The van der Waals surface area contributed by atoms with E-state index in [1.807, 2.05) is 17.8 Å². The number of aromatic nitrogens is 2. The Morgan fingerprint density at radius 2 is 2.21 bits per heavy atom. The lowest BCUT2D eigenvalue weighted by atomic mass is 9.89. The third-order valence-corrected chi connectivity index (χ3v) is 7.84. The van der Waals surface area contributed by atoms with Gasteiger partial charge in [-0.25, -0.2) is 9.97 Å². The number of thiophene rings is 1. The van der Waals surface area contributed by atoms with Crippen LogP contribution in [0.4, 0.5) is 11.4 Å². The first-order valence-corrected chi connectivity index (χ1v) is 11.6. The number of likely N-dealkylation sites (tertiary alicyclic amines) is 1. The van der Waals surface area contributed by atoms with Gasteiger partial charge in [-0.05, 0) is 56.6 Å². The number of carbonyl (C=O) groups is 1. The number of nitrogens with zero attached hydrogens (tertiary/aromatic N) is 3. The van der Waals surface area contributed by atoms with E-state index in [0.29, 0.717) is 18.5 Å². The predicted octanol–water partition coefficient (Wildman–Crippen LogP) is 5.42. The van der Waals surface area contributed by atoms with Crippen LogP contribution in [0.5, 0.6) is 0 Å². The fourth-order valence-corrected chi connectivity index (χ4v) is 6.21. The summed E-state index contributed by atoms with van der Waals surface area (Å²) in [4.78, 5) is 24.8. The summed E-state index contributed by atoms with van der Waals surface area (Å²) in [6, 6.07) is 11.0. The molecular formula is C22H22N4OS2. The number of piperidine rings is 1. The summed E-state index contributed by atoms with van der Waals surface area (Å²) in [5.41, 5.74) is 5.00. The number of carbonyl (C=O) groups excluding carboxylic acids is 1. The molecule has 4 aromatic rings. The van der Waals surface area contributed by atoms with Gasteiger partial charge in [-0.15, -0.1) is 22.7 Å². The third-order valence-electron chi connectivity index (χ3n) is 5.86. The van der Waals surface area contributed by atoms with Gasteiger partial charge in [0.1, 0.15) is 11.1 Å². The number of pyridine rings is 1. The van der Waals surface area contributed by atoms with Crippen LogP contribution in [0.15, 0.2) is 42.0 Å². The molecular weight excluding hydrogens is 400 g/mol. The zero-order chi connectivity index (χ0) is 19.8. The molecule has 1 aromatic carbocycles. The van der Waals surface area contributed by atoms with Crippen molar-refractivity contribution < 1.29 is 4.79 Å². The van der Waals surface area contributed by atoms with E-state index < -0.39 is 0 Å². The Morgan fingerprint density at radius 3 is 3.10 bits per heavy atom. The smallest absolute Gasteiger partial charge is 0.133 e. The quantitative estimate of drug-likeness (QED) is 0.435. The molecule has 5 nitrogen and oxygen atoms in total. The number of anilines is 2. The molecule has 1 fully saturated rings. The highest BCUT2D eigenvalue weighted by atomic mass is 32.1. The Labute approximate surface area is 177 Å². The van der Waals surface area contributed by atoms with E-state index in [2.05, 4.69) is 51.4 Å². The van der Waals surface area contributed by atoms with Crippen LogP contribution in [-0.4, -0.2) is 40.3 Å². The molecule has 3 aromatic heterocycles. The van der Waals surface area contributed by atoms with E-state index in [9.17, 15) is 4.79 Å². The fourth-order valence-electron chi connectivity index (χ4n) is 4.29. The maximum atomic E-state index is 11.0. The van der Waals surface area contributed by atoms with Crippen molar-refractivity contribution in [1.29, 1.82) is 0 Å². The molecule has 1 aliphatic rings. The maximum Gasteiger partial charge on any atom is 0.133 e. The molecule has 0 aliphatic carbocycles. The zero-order valence-electron chi connectivity index (χ0n) is 16.2. The lowest BCUT2D eigenvalue weighted by molar-refractivity contribution is -0.109. The number of fused-ring (bicyclic) bond motifs is 2. The minimum absolute atomic E-state index is 0.366. The molecule has 1 aliphatic heterocycles. The number of hydrogen-bond donors (Lipinski definition) is 1. The van der Waals surface area contributed by atoms with Gasteiger partial charge in [-0.2, -0.15) is 0 Å². The zero-order valence-corrected chi connectivity index (χ0v) is 17.8. The van der Waals surface area contributed by atoms with Crippen molar-refractivity contribution in [1.82, 2.24) is 14.9 Å². The van der Waals surface area contributed by atoms with Gasteiger partial charge >= 0.3 is 0 Å².